The van der Waals surface area contributed by atoms with E-state index in [1.807, 2.05) is 18.2 Å². The van der Waals surface area contributed by atoms with Gasteiger partial charge in [0.1, 0.15) is 5.82 Å². The van der Waals surface area contributed by atoms with Crippen LogP contribution in [-0.4, -0.2) is 16.8 Å². The van der Waals surface area contributed by atoms with Crippen molar-refractivity contribution in [2.45, 2.75) is 19.3 Å². The van der Waals surface area contributed by atoms with E-state index in [1.54, 1.807) is 0 Å². The quantitative estimate of drug-likeness (QED) is 0.843. The zero-order valence-electron chi connectivity index (χ0n) is 10.3. The minimum Gasteiger partial charge on any atom is -0.454 e. The van der Waals surface area contributed by atoms with E-state index in [0.717, 1.165) is 47.6 Å². The molecule has 1 aliphatic carbocycles. The van der Waals surface area contributed by atoms with Gasteiger partial charge in [-0.25, -0.2) is 9.97 Å². The smallest absolute Gasteiger partial charge is 0.231 e. The van der Waals surface area contributed by atoms with Gasteiger partial charge >= 0.3 is 0 Å². The lowest BCUT2D eigenvalue weighted by molar-refractivity contribution is 0.174. The van der Waals surface area contributed by atoms with Crippen LogP contribution in [0.4, 0.5) is 5.82 Å². The molecule has 0 radical (unpaired) electrons. The molecular formula is C14H13N3O2. The van der Waals surface area contributed by atoms with Crippen molar-refractivity contribution in [3.63, 3.8) is 0 Å². The zero-order valence-corrected chi connectivity index (χ0v) is 10.3. The van der Waals surface area contributed by atoms with Gasteiger partial charge in [-0.2, -0.15) is 0 Å². The molecule has 1 aromatic carbocycles. The molecule has 96 valence electrons. The molecule has 0 unspecified atom stereocenters. The van der Waals surface area contributed by atoms with Crippen molar-refractivity contribution in [3.8, 4) is 22.9 Å². The maximum atomic E-state index is 6.02. The van der Waals surface area contributed by atoms with Gasteiger partial charge in [-0.05, 0) is 37.5 Å². The van der Waals surface area contributed by atoms with E-state index in [1.165, 1.54) is 0 Å². The standard InChI is InChI=1S/C14H13N3O2/c15-13-9-2-1-3-10(9)16-14(17-13)8-4-5-11-12(6-8)19-7-18-11/h4-6H,1-3,7H2,(H2,15,16,17). The van der Waals surface area contributed by atoms with Crippen LogP contribution in [0, 0.1) is 0 Å². The Morgan fingerprint density at radius 1 is 1.05 bits per heavy atom. The first-order valence-electron chi connectivity index (χ1n) is 6.36. The van der Waals surface area contributed by atoms with Gasteiger partial charge in [0.05, 0.1) is 0 Å². The van der Waals surface area contributed by atoms with Gasteiger partial charge in [0.15, 0.2) is 17.3 Å². The van der Waals surface area contributed by atoms with Crippen molar-refractivity contribution in [3.05, 3.63) is 29.5 Å². The molecule has 1 aliphatic heterocycles. The predicted octanol–water partition coefficient (Wildman–Crippen LogP) is 1.94. The number of hydrogen-bond donors (Lipinski definition) is 1. The Balaban J connectivity index is 1.82. The highest BCUT2D eigenvalue weighted by molar-refractivity contribution is 5.64. The maximum Gasteiger partial charge on any atom is 0.231 e. The van der Waals surface area contributed by atoms with E-state index in [-0.39, 0.29) is 6.79 Å². The number of nitrogens with zero attached hydrogens (tertiary/aromatic N) is 2. The molecule has 0 atom stereocenters. The molecule has 0 saturated carbocycles. The second-order valence-electron chi connectivity index (χ2n) is 4.78. The molecule has 2 aromatic rings. The van der Waals surface area contributed by atoms with Gasteiger partial charge in [0.2, 0.25) is 6.79 Å². The van der Waals surface area contributed by atoms with Gasteiger partial charge in [0, 0.05) is 16.8 Å². The van der Waals surface area contributed by atoms with Crippen molar-refractivity contribution in [1.29, 1.82) is 0 Å². The van der Waals surface area contributed by atoms with Crippen LogP contribution in [0.1, 0.15) is 17.7 Å². The molecule has 1 aromatic heterocycles. The lowest BCUT2D eigenvalue weighted by atomic mass is 10.1. The second-order valence-corrected chi connectivity index (χ2v) is 4.78. The van der Waals surface area contributed by atoms with Crippen molar-refractivity contribution in [2.75, 3.05) is 12.5 Å². The summed E-state index contributed by atoms with van der Waals surface area (Å²) in [4.78, 5) is 9.03. The third kappa shape index (κ3) is 1.62. The number of nitrogens with two attached hydrogens (primary N) is 1. The molecule has 0 saturated heterocycles. The van der Waals surface area contributed by atoms with E-state index >= 15 is 0 Å². The normalized spacial score (nSPS) is 15.6. The number of nitrogen functional groups attached to an aromatic ring is 1. The van der Waals surface area contributed by atoms with Gasteiger partial charge in [-0.1, -0.05) is 0 Å². The summed E-state index contributed by atoms with van der Waals surface area (Å²) in [6, 6.07) is 5.71. The van der Waals surface area contributed by atoms with Crippen LogP contribution in [0.3, 0.4) is 0 Å². The Morgan fingerprint density at radius 2 is 1.95 bits per heavy atom. The molecule has 0 amide bonds. The third-order valence-electron chi connectivity index (χ3n) is 3.60. The lowest BCUT2D eigenvalue weighted by Crippen LogP contribution is -2.02. The molecule has 5 heteroatoms. The number of aromatic nitrogens is 2. The molecular weight excluding hydrogens is 242 g/mol. The number of ether oxygens (including phenoxy) is 2. The summed E-state index contributed by atoms with van der Waals surface area (Å²) in [7, 11) is 0. The second kappa shape index (κ2) is 3.85. The molecule has 2 heterocycles. The van der Waals surface area contributed by atoms with Crippen LogP contribution in [0.15, 0.2) is 18.2 Å². The van der Waals surface area contributed by atoms with E-state index in [9.17, 15) is 0 Å². The Bertz CT molecular complexity index is 670. The molecule has 0 fully saturated rings. The fourth-order valence-electron chi connectivity index (χ4n) is 2.63. The first-order valence-corrected chi connectivity index (χ1v) is 6.36. The van der Waals surface area contributed by atoms with Crippen LogP contribution in [0.25, 0.3) is 11.4 Å². The topological polar surface area (TPSA) is 70.3 Å². The molecule has 0 spiro atoms. The van der Waals surface area contributed by atoms with Crippen molar-refractivity contribution < 1.29 is 9.47 Å². The van der Waals surface area contributed by atoms with Crippen LogP contribution in [-0.2, 0) is 12.8 Å². The minimum absolute atomic E-state index is 0.270. The monoisotopic (exact) mass is 255 g/mol. The number of fused-ring (bicyclic) bond motifs is 2. The van der Waals surface area contributed by atoms with Crippen LogP contribution in [0.2, 0.25) is 0 Å². The summed E-state index contributed by atoms with van der Waals surface area (Å²) in [6.45, 7) is 0.270. The Morgan fingerprint density at radius 3 is 2.89 bits per heavy atom. The third-order valence-corrected chi connectivity index (χ3v) is 3.60. The highest BCUT2D eigenvalue weighted by Crippen LogP contribution is 2.36. The molecule has 4 rings (SSSR count). The summed E-state index contributed by atoms with van der Waals surface area (Å²) in [5, 5.41) is 0. The number of anilines is 1. The minimum atomic E-state index is 0.270. The number of hydrogen-bond acceptors (Lipinski definition) is 5. The van der Waals surface area contributed by atoms with E-state index in [2.05, 4.69) is 9.97 Å². The van der Waals surface area contributed by atoms with Gasteiger partial charge in [-0.3, -0.25) is 0 Å². The van der Waals surface area contributed by atoms with Crippen LogP contribution >= 0.6 is 0 Å². The van der Waals surface area contributed by atoms with Crippen LogP contribution in [0.5, 0.6) is 11.5 Å². The highest BCUT2D eigenvalue weighted by atomic mass is 16.7. The fraction of sp³-hybridized carbons (Fsp3) is 0.286. The average Bonchev–Trinajstić information content (AvgIpc) is 3.06. The Hall–Kier alpha value is -2.30. The molecule has 5 nitrogen and oxygen atoms in total. The molecule has 2 N–H and O–H groups in total. The Labute approximate surface area is 110 Å². The van der Waals surface area contributed by atoms with Crippen LogP contribution < -0.4 is 15.2 Å². The largest absolute Gasteiger partial charge is 0.454 e. The van der Waals surface area contributed by atoms with Gasteiger partial charge in [0.25, 0.3) is 0 Å². The maximum absolute atomic E-state index is 6.02. The van der Waals surface area contributed by atoms with Crippen molar-refractivity contribution in [1.82, 2.24) is 9.97 Å². The summed E-state index contributed by atoms with van der Waals surface area (Å²) < 4.78 is 10.7. The van der Waals surface area contributed by atoms with E-state index in [0.29, 0.717) is 11.6 Å². The van der Waals surface area contributed by atoms with E-state index < -0.39 is 0 Å². The molecule has 0 bridgehead atoms. The lowest BCUT2D eigenvalue weighted by Gasteiger charge is -2.07. The number of aryl methyl sites for hydroxylation is 1. The first-order chi connectivity index (χ1) is 9.31. The summed E-state index contributed by atoms with van der Waals surface area (Å²) in [5.41, 5.74) is 9.12. The summed E-state index contributed by atoms with van der Waals surface area (Å²) in [5.74, 6) is 2.77. The van der Waals surface area contributed by atoms with E-state index in [4.69, 9.17) is 15.2 Å². The Kier molecular flexibility index (Phi) is 2.15. The molecule has 19 heavy (non-hydrogen) atoms. The summed E-state index contributed by atoms with van der Waals surface area (Å²) >= 11 is 0. The van der Waals surface area contributed by atoms with Gasteiger partial charge in [-0.15, -0.1) is 0 Å². The number of rotatable bonds is 1. The van der Waals surface area contributed by atoms with Crippen molar-refractivity contribution >= 4 is 5.82 Å². The zero-order chi connectivity index (χ0) is 12.8. The predicted molar refractivity (Wildman–Crippen MR) is 70.0 cm³/mol. The first kappa shape index (κ1) is 10.6. The van der Waals surface area contributed by atoms with Gasteiger partial charge < -0.3 is 15.2 Å². The highest BCUT2D eigenvalue weighted by Gasteiger charge is 2.20. The van der Waals surface area contributed by atoms with Crippen molar-refractivity contribution in [2.24, 2.45) is 0 Å². The molecule has 2 aliphatic rings. The average molecular weight is 255 g/mol. The fourth-order valence-corrected chi connectivity index (χ4v) is 2.63. The summed E-state index contributed by atoms with van der Waals surface area (Å²) in [6.07, 6.45) is 3.08. The SMILES string of the molecule is Nc1nc(-c2ccc3c(c2)OCO3)nc2c1CCC2. The number of benzene rings is 1.